The summed E-state index contributed by atoms with van der Waals surface area (Å²) in [5.41, 5.74) is 0. The number of fused-ring (bicyclic) bond motifs is 2. The molecular formula is C16H30N2O. The summed E-state index contributed by atoms with van der Waals surface area (Å²) in [6.07, 6.45) is 6.07. The van der Waals surface area contributed by atoms with E-state index in [0.717, 1.165) is 37.5 Å². The molecule has 1 saturated heterocycles. The fourth-order valence-corrected chi connectivity index (χ4v) is 4.74. The summed E-state index contributed by atoms with van der Waals surface area (Å²) < 4.78 is 5.65. The lowest BCUT2D eigenvalue weighted by molar-refractivity contribution is 0.161. The number of nitrogens with zero attached hydrogens (tertiary/aromatic N) is 1. The van der Waals surface area contributed by atoms with Crippen LogP contribution in [0.2, 0.25) is 0 Å². The first-order valence-corrected chi connectivity index (χ1v) is 8.26. The maximum absolute atomic E-state index is 5.65. The van der Waals surface area contributed by atoms with Gasteiger partial charge in [0.25, 0.3) is 0 Å². The second-order valence-electron chi connectivity index (χ2n) is 7.12. The van der Waals surface area contributed by atoms with Gasteiger partial charge in [-0.15, -0.1) is 0 Å². The van der Waals surface area contributed by atoms with Crippen molar-refractivity contribution >= 4 is 0 Å². The smallest absolute Gasteiger partial charge is 0.0623 e. The molecule has 2 saturated carbocycles. The van der Waals surface area contributed by atoms with E-state index in [-0.39, 0.29) is 0 Å². The van der Waals surface area contributed by atoms with Gasteiger partial charge < -0.3 is 15.0 Å². The summed E-state index contributed by atoms with van der Waals surface area (Å²) in [6.45, 7) is 7.61. The maximum Gasteiger partial charge on any atom is 0.0623 e. The molecule has 1 aliphatic heterocycles. The first kappa shape index (κ1) is 13.8. The van der Waals surface area contributed by atoms with Crippen LogP contribution in [0.1, 0.15) is 32.6 Å². The first-order valence-electron chi connectivity index (χ1n) is 8.26. The molecular weight excluding hydrogens is 236 g/mol. The minimum atomic E-state index is 0.576. The zero-order chi connectivity index (χ0) is 13.2. The third kappa shape index (κ3) is 3.14. The topological polar surface area (TPSA) is 24.5 Å². The van der Waals surface area contributed by atoms with Gasteiger partial charge in [0, 0.05) is 25.0 Å². The molecule has 0 radical (unpaired) electrons. The quantitative estimate of drug-likeness (QED) is 0.795. The van der Waals surface area contributed by atoms with Crippen LogP contribution in [0.5, 0.6) is 0 Å². The lowest BCUT2D eigenvalue weighted by Crippen LogP contribution is -2.42. The standard InChI is InChI=1S/C16H30N2O/c1-3-17-16-11-19-10-15(16)9-18(2)8-14-7-12-4-5-13(14)6-12/h12-17H,3-11H2,1-2H3. The summed E-state index contributed by atoms with van der Waals surface area (Å²) >= 11 is 0. The average Bonchev–Trinajstić information content (AvgIpc) is 3.07. The number of likely N-dealkylation sites (N-methyl/N-ethyl adjacent to an activating group) is 1. The van der Waals surface area contributed by atoms with Gasteiger partial charge in [-0.05, 0) is 50.6 Å². The van der Waals surface area contributed by atoms with E-state index < -0.39 is 0 Å². The monoisotopic (exact) mass is 266 g/mol. The molecule has 110 valence electrons. The van der Waals surface area contributed by atoms with Gasteiger partial charge in [0.15, 0.2) is 0 Å². The van der Waals surface area contributed by atoms with Crippen molar-refractivity contribution < 1.29 is 4.74 Å². The van der Waals surface area contributed by atoms with Crippen molar-refractivity contribution in [2.45, 2.75) is 38.6 Å². The predicted molar refractivity (Wildman–Crippen MR) is 78.2 cm³/mol. The van der Waals surface area contributed by atoms with Gasteiger partial charge >= 0.3 is 0 Å². The van der Waals surface area contributed by atoms with E-state index in [1.165, 1.54) is 38.8 Å². The van der Waals surface area contributed by atoms with Crippen molar-refractivity contribution in [1.29, 1.82) is 0 Å². The van der Waals surface area contributed by atoms with Gasteiger partial charge in [-0.3, -0.25) is 0 Å². The molecule has 3 heteroatoms. The van der Waals surface area contributed by atoms with Gasteiger partial charge in [-0.25, -0.2) is 0 Å². The molecule has 3 nitrogen and oxygen atoms in total. The SMILES string of the molecule is CCNC1COCC1CN(C)CC1CC2CCC1C2. The molecule has 2 aliphatic carbocycles. The fraction of sp³-hybridized carbons (Fsp3) is 1.00. The highest BCUT2D eigenvalue weighted by Crippen LogP contribution is 2.48. The molecule has 0 spiro atoms. The molecule has 19 heavy (non-hydrogen) atoms. The molecule has 0 aromatic heterocycles. The van der Waals surface area contributed by atoms with E-state index in [0.29, 0.717) is 12.0 Å². The van der Waals surface area contributed by atoms with Crippen molar-refractivity contribution in [2.24, 2.45) is 23.7 Å². The molecule has 2 bridgehead atoms. The molecule has 3 rings (SSSR count). The second-order valence-corrected chi connectivity index (χ2v) is 7.12. The molecule has 5 atom stereocenters. The number of nitrogens with one attached hydrogen (secondary N) is 1. The van der Waals surface area contributed by atoms with Crippen LogP contribution in [0.15, 0.2) is 0 Å². The van der Waals surface area contributed by atoms with E-state index in [1.54, 1.807) is 0 Å². The van der Waals surface area contributed by atoms with Gasteiger partial charge in [0.05, 0.1) is 13.2 Å². The van der Waals surface area contributed by atoms with E-state index >= 15 is 0 Å². The summed E-state index contributed by atoms with van der Waals surface area (Å²) in [4.78, 5) is 2.58. The van der Waals surface area contributed by atoms with Crippen LogP contribution in [-0.2, 0) is 4.74 Å². The normalized spacial score (nSPS) is 41.5. The maximum atomic E-state index is 5.65. The van der Waals surface area contributed by atoms with Crippen LogP contribution < -0.4 is 5.32 Å². The van der Waals surface area contributed by atoms with E-state index in [2.05, 4.69) is 24.2 Å². The molecule has 0 amide bonds. The highest BCUT2D eigenvalue weighted by Gasteiger charge is 2.40. The van der Waals surface area contributed by atoms with Crippen molar-refractivity contribution in [1.82, 2.24) is 10.2 Å². The molecule has 3 fully saturated rings. The molecule has 1 heterocycles. The Labute approximate surface area is 118 Å². The van der Waals surface area contributed by atoms with Crippen LogP contribution >= 0.6 is 0 Å². The second kappa shape index (κ2) is 6.11. The third-order valence-corrected chi connectivity index (χ3v) is 5.64. The zero-order valence-electron chi connectivity index (χ0n) is 12.6. The Balaban J connectivity index is 1.44. The third-order valence-electron chi connectivity index (χ3n) is 5.64. The molecule has 5 unspecified atom stereocenters. The number of hydrogen-bond acceptors (Lipinski definition) is 3. The Hall–Kier alpha value is -0.120. The number of hydrogen-bond donors (Lipinski definition) is 1. The lowest BCUT2D eigenvalue weighted by atomic mass is 9.88. The molecule has 1 N–H and O–H groups in total. The fourth-order valence-electron chi connectivity index (χ4n) is 4.74. The molecule has 0 aromatic rings. The van der Waals surface area contributed by atoms with Crippen molar-refractivity contribution in [3.05, 3.63) is 0 Å². The number of ether oxygens (including phenoxy) is 1. The Morgan fingerprint density at radius 3 is 2.63 bits per heavy atom. The van der Waals surface area contributed by atoms with Crippen LogP contribution in [0.25, 0.3) is 0 Å². The van der Waals surface area contributed by atoms with Crippen LogP contribution in [0.4, 0.5) is 0 Å². The highest BCUT2D eigenvalue weighted by molar-refractivity contribution is 4.91. The van der Waals surface area contributed by atoms with E-state index in [1.807, 2.05) is 0 Å². The van der Waals surface area contributed by atoms with Gasteiger partial charge in [-0.1, -0.05) is 13.3 Å². The Morgan fingerprint density at radius 2 is 1.95 bits per heavy atom. The highest BCUT2D eigenvalue weighted by atomic mass is 16.5. The zero-order valence-corrected chi connectivity index (χ0v) is 12.6. The first-order chi connectivity index (χ1) is 9.26. The summed E-state index contributed by atoms with van der Waals surface area (Å²) in [5.74, 6) is 3.80. The van der Waals surface area contributed by atoms with Crippen LogP contribution in [0.3, 0.4) is 0 Å². The number of rotatable bonds is 6. The lowest BCUT2D eigenvalue weighted by Gasteiger charge is -2.30. The van der Waals surface area contributed by atoms with Crippen LogP contribution in [0, 0.1) is 23.7 Å². The average molecular weight is 266 g/mol. The minimum Gasteiger partial charge on any atom is -0.379 e. The Bertz CT molecular complexity index is 296. The predicted octanol–water partition coefficient (Wildman–Crippen LogP) is 1.98. The van der Waals surface area contributed by atoms with Crippen LogP contribution in [-0.4, -0.2) is 50.8 Å². The van der Waals surface area contributed by atoms with Gasteiger partial charge in [-0.2, -0.15) is 0 Å². The van der Waals surface area contributed by atoms with E-state index in [4.69, 9.17) is 4.74 Å². The van der Waals surface area contributed by atoms with Gasteiger partial charge in [0.2, 0.25) is 0 Å². The molecule has 3 aliphatic rings. The van der Waals surface area contributed by atoms with Crippen molar-refractivity contribution in [3.8, 4) is 0 Å². The van der Waals surface area contributed by atoms with Gasteiger partial charge in [0.1, 0.15) is 0 Å². The Morgan fingerprint density at radius 1 is 1.11 bits per heavy atom. The Kier molecular flexibility index (Phi) is 4.45. The summed E-state index contributed by atoms with van der Waals surface area (Å²) in [5, 5.41) is 3.57. The van der Waals surface area contributed by atoms with E-state index in [9.17, 15) is 0 Å². The minimum absolute atomic E-state index is 0.576. The summed E-state index contributed by atoms with van der Waals surface area (Å²) in [7, 11) is 2.31. The largest absolute Gasteiger partial charge is 0.379 e. The molecule has 0 aromatic carbocycles. The van der Waals surface area contributed by atoms with Crippen molar-refractivity contribution in [2.75, 3.05) is 39.9 Å². The van der Waals surface area contributed by atoms with Crippen molar-refractivity contribution in [3.63, 3.8) is 0 Å². The summed E-state index contributed by atoms with van der Waals surface area (Å²) in [6, 6.07) is 0.576.